The number of nitrogens with zero attached hydrogens (tertiary/aromatic N) is 2. The zero-order chi connectivity index (χ0) is 12.9. The zero-order valence-corrected chi connectivity index (χ0v) is 10.0. The quantitative estimate of drug-likeness (QED) is 0.600. The summed E-state index contributed by atoms with van der Waals surface area (Å²) in [6, 6.07) is 3.42. The second-order valence-corrected chi connectivity index (χ2v) is 4.42. The lowest BCUT2D eigenvalue weighted by Gasteiger charge is -2.17. The highest BCUT2D eigenvalue weighted by Gasteiger charge is 2.33. The standard InChI is InChI=1S/C14H10N2O2/c1-7-5-9-11(16-6-7)14(18)10-8(2)3-4-15-12(10)13(9)17/h3-6H,1-2H3. The Morgan fingerprint density at radius 1 is 1.00 bits per heavy atom. The average molecular weight is 238 g/mol. The van der Waals surface area contributed by atoms with Crippen LogP contribution in [0.5, 0.6) is 0 Å². The molecule has 0 aliphatic heterocycles. The summed E-state index contributed by atoms with van der Waals surface area (Å²) in [7, 11) is 0. The van der Waals surface area contributed by atoms with Gasteiger partial charge in [-0.2, -0.15) is 0 Å². The Morgan fingerprint density at radius 3 is 2.56 bits per heavy atom. The van der Waals surface area contributed by atoms with Crippen LogP contribution >= 0.6 is 0 Å². The Hall–Kier alpha value is -2.36. The maximum Gasteiger partial charge on any atom is 0.214 e. The summed E-state index contributed by atoms with van der Waals surface area (Å²) in [6.45, 7) is 3.63. The van der Waals surface area contributed by atoms with Gasteiger partial charge in [-0.25, -0.2) is 0 Å². The van der Waals surface area contributed by atoms with Gasteiger partial charge in [0.05, 0.1) is 11.1 Å². The fourth-order valence-corrected chi connectivity index (χ4v) is 2.19. The second-order valence-electron chi connectivity index (χ2n) is 4.42. The molecule has 0 amide bonds. The third-order valence-corrected chi connectivity index (χ3v) is 3.09. The van der Waals surface area contributed by atoms with Crippen molar-refractivity contribution in [3.05, 3.63) is 58.2 Å². The Morgan fingerprint density at radius 2 is 1.78 bits per heavy atom. The fourth-order valence-electron chi connectivity index (χ4n) is 2.19. The van der Waals surface area contributed by atoms with Gasteiger partial charge >= 0.3 is 0 Å². The van der Waals surface area contributed by atoms with E-state index in [0.29, 0.717) is 11.1 Å². The zero-order valence-electron chi connectivity index (χ0n) is 10.0. The molecule has 1 aliphatic carbocycles. The molecule has 2 heterocycles. The van der Waals surface area contributed by atoms with Crippen molar-refractivity contribution in [1.82, 2.24) is 9.97 Å². The van der Waals surface area contributed by atoms with Gasteiger partial charge in [-0.3, -0.25) is 19.6 Å². The molecule has 1 aliphatic rings. The first-order valence-corrected chi connectivity index (χ1v) is 5.61. The molecule has 0 radical (unpaired) electrons. The molecule has 0 N–H and O–H groups in total. The Balaban J connectivity index is 2.35. The first-order chi connectivity index (χ1) is 8.59. The number of aromatic nitrogens is 2. The topological polar surface area (TPSA) is 59.9 Å². The Kier molecular flexibility index (Phi) is 2.13. The van der Waals surface area contributed by atoms with Gasteiger partial charge in [0.2, 0.25) is 11.6 Å². The number of ketones is 2. The van der Waals surface area contributed by atoms with Gasteiger partial charge in [0.15, 0.2) is 0 Å². The van der Waals surface area contributed by atoms with Crippen molar-refractivity contribution >= 4 is 11.6 Å². The number of rotatable bonds is 0. The predicted octanol–water partition coefficient (Wildman–Crippen LogP) is 1.87. The molecule has 0 spiro atoms. The van der Waals surface area contributed by atoms with Crippen LogP contribution in [-0.4, -0.2) is 21.5 Å². The van der Waals surface area contributed by atoms with Crippen molar-refractivity contribution in [2.75, 3.05) is 0 Å². The summed E-state index contributed by atoms with van der Waals surface area (Å²) in [4.78, 5) is 32.8. The largest absolute Gasteiger partial charge is 0.287 e. The van der Waals surface area contributed by atoms with E-state index in [0.717, 1.165) is 11.1 Å². The number of pyridine rings is 2. The predicted molar refractivity (Wildman–Crippen MR) is 64.8 cm³/mol. The van der Waals surface area contributed by atoms with Crippen LogP contribution in [0.15, 0.2) is 24.5 Å². The highest BCUT2D eigenvalue weighted by Crippen LogP contribution is 2.26. The van der Waals surface area contributed by atoms with E-state index in [-0.39, 0.29) is 23.0 Å². The molecule has 4 nitrogen and oxygen atoms in total. The molecule has 0 unspecified atom stereocenters. The molecule has 0 fully saturated rings. The van der Waals surface area contributed by atoms with Gasteiger partial charge < -0.3 is 0 Å². The van der Waals surface area contributed by atoms with Gasteiger partial charge in [-0.15, -0.1) is 0 Å². The Labute approximate surface area is 104 Å². The molecule has 88 valence electrons. The lowest BCUT2D eigenvalue weighted by Crippen LogP contribution is -2.24. The van der Waals surface area contributed by atoms with Gasteiger partial charge in [0.25, 0.3) is 0 Å². The van der Waals surface area contributed by atoms with Crippen molar-refractivity contribution in [3.63, 3.8) is 0 Å². The van der Waals surface area contributed by atoms with Gasteiger partial charge in [-0.1, -0.05) is 0 Å². The maximum absolute atomic E-state index is 12.3. The SMILES string of the molecule is Cc1cnc2c(c1)C(=O)c1nccc(C)c1C2=O. The minimum atomic E-state index is -0.223. The fraction of sp³-hybridized carbons (Fsp3) is 0.143. The molecule has 0 bridgehead atoms. The van der Waals surface area contributed by atoms with Crippen LogP contribution in [0.1, 0.15) is 43.2 Å². The highest BCUT2D eigenvalue weighted by molar-refractivity contribution is 6.27. The highest BCUT2D eigenvalue weighted by atomic mass is 16.1. The van der Waals surface area contributed by atoms with Crippen LogP contribution in [0, 0.1) is 13.8 Å². The van der Waals surface area contributed by atoms with Gasteiger partial charge in [0, 0.05) is 12.4 Å². The number of carbonyl (C=O) groups is 2. The molecular formula is C14H10N2O2. The molecule has 4 heteroatoms. The summed E-state index contributed by atoms with van der Waals surface area (Å²) >= 11 is 0. The van der Waals surface area contributed by atoms with Crippen molar-refractivity contribution in [2.24, 2.45) is 0 Å². The molecule has 2 aromatic rings. The minimum absolute atomic E-state index is 0.217. The molecule has 0 saturated heterocycles. The third kappa shape index (κ3) is 1.32. The summed E-state index contributed by atoms with van der Waals surface area (Å²) < 4.78 is 0. The van der Waals surface area contributed by atoms with E-state index in [1.54, 1.807) is 31.5 Å². The minimum Gasteiger partial charge on any atom is -0.287 e. The molecule has 0 atom stereocenters. The summed E-state index contributed by atoms with van der Waals surface area (Å²) in [5.74, 6) is -0.440. The van der Waals surface area contributed by atoms with E-state index < -0.39 is 0 Å². The first-order valence-electron chi connectivity index (χ1n) is 5.61. The second kappa shape index (κ2) is 3.57. The lowest BCUT2D eigenvalue weighted by molar-refractivity contribution is 0.0971. The molecule has 0 aromatic carbocycles. The van der Waals surface area contributed by atoms with Crippen molar-refractivity contribution in [1.29, 1.82) is 0 Å². The Bertz CT molecular complexity index is 701. The average Bonchev–Trinajstić information content (AvgIpc) is 2.35. The molecule has 18 heavy (non-hydrogen) atoms. The van der Waals surface area contributed by atoms with E-state index in [1.807, 2.05) is 6.92 Å². The molecular weight excluding hydrogens is 228 g/mol. The molecule has 3 rings (SSSR count). The summed E-state index contributed by atoms with van der Waals surface area (Å²) in [5, 5.41) is 0. The van der Waals surface area contributed by atoms with E-state index in [1.165, 1.54) is 0 Å². The van der Waals surface area contributed by atoms with Crippen molar-refractivity contribution < 1.29 is 9.59 Å². The number of carbonyl (C=O) groups excluding carboxylic acids is 2. The van der Waals surface area contributed by atoms with E-state index >= 15 is 0 Å². The number of fused-ring (bicyclic) bond motifs is 2. The van der Waals surface area contributed by atoms with Crippen LogP contribution in [0.4, 0.5) is 0 Å². The summed E-state index contributed by atoms with van der Waals surface area (Å²) in [6.07, 6.45) is 3.15. The smallest absolute Gasteiger partial charge is 0.214 e. The van der Waals surface area contributed by atoms with Crippen LogP contribution in [0.25, 0.3) is 0 Å². The van der Waals surface area contributed by atoms with E-state index in [9.17, 15) is 9.59 Å². The van der Waals surface area contributed by atoms with Crippen LogP contribution in [0.3, 0.4) is 0 Å². The number of hydrogen-bond acceptors (Lipinski definition) is 4. The van der Waals surface area contributed by atoms with Crippen molar-refractivity contribution in [2.45, 2.75) is 13.8 Å². The van der Waals surface area contributed by atoms with Crippen molar-refractivity contribution in [3.8, 4) is 0 Å². The van der Waals surface area contributed by atoms with Crippen LogP contribution in [-0.2, 0) is 0 Å². The van der Waals surface area contributed by atoms with Gasteiger partial charge in [-0.05, 0) is 37.1 Å². The van der Waals surface area contributed by atoms with Crippen LogP contribution in [0.2, 0.25) is 0 Å². The van der Waals surface area contributed by atoms with Crippen LogP contribution < -0.4 is 0 Å². The van der Waals surface area contributed by atoms with Gasteiger partial charge in [0.1, 0.15) is 11.4 Å². The maximum atomic E-state index is 12.3. The number of hydrogen-bond donors (Lipinski definition) is 0. The first kappa shape index (κ1) is 10.8. The lowest BCUT2D eigenvalue weighted by atomic mass is 9.88. The van der Waals surface area contributed by atoms with E-state index in [4.69, 9.17) is 0 Å². The number of aryl methyl sites for hydroxylation is 2. The molecule has 0 saturated carbocycles. The summed E-state index contributed by atoms with van der Waals surface area (Å²) in [5.41, 5.74) is 2.81. The molecule has 2 aromatic heterocycles. The third-order valence-electron chi connectivity index (χ3n) is 3.09. The monoisotopic (exact) mass is 238 g/mol. The van der Waals surface area contributed by atoms with E-state index in [2.05, 4.69) is 9.97 Å². The normalized spacial score (nSPS) is 13.2.